The third-order valence-electron chi connectivity index (χ3n) is 1.29. The molecule has 1 nitrogen and oxygen atoms in total. The van der Waals surface area contributed by atoms with Crippen LogP contribution >= 0.6 is 11.9 Å². The van der Waals surface area contributed by atoms with Crippen molar-refractivity contribution in [3.05, 3.63) is 24.3 Å². The maximum absolute atomic E-state index is 5.10. The Bertz CT molecular complexity index is 127. The zero-order valence-corrected chi connectivity index (χ0v) is 7.19. The monoisotopic (exact) mass is 160 g/mol. The number of hydrogen-bond acceptors (Lipinski definition) is 1. The van der Waals surface area contributed by atoms with E-state index in [9.17, 15) is 0 Å². The van der Waals surface area contributed by atoms with Gasteiger partial charge in [-0.1, -0.05) is 32.6 Å². The van der Waals surface area contributed by atoms with E-state index in [-0.39, 0.29) is 0 Å². The first kappa shape index (κ1) is 9.73. The Kier molecular flexibility index (Phi) is 5.36. The standard InChI is InChI=1S/C8H13ClO/c1-4-5-8(6-10-9)7(2)3/h4-5,7H,1,6H2,2-3H3/b8-5-. The van der Waals surface area contributed by atoms with Gasteiger partial charge in [-0.2, -0.15) is 0 Å². The minimum Gasteiger partial charge on any atom is -0.275 e. The molecule has 0 spiro atoms. The zero-order valence-electron chi connectivity index (χ0n) is 6.43. The second-order valence-electron chi connectivity index (χ2n) is 2.39. The minimum atomic E-state index is 0.469. The summed E-state index contributed by atoms with van der Waals surface area (Å²) >= 11 is 5.10. The van der Waals surface area contributed by atoms with Gasteiger partial charge in [-0.05, 0) is 11.5 Å². The van der Waals surface area contributed by atoms with Crippen molar-refractivity contribution in [2.24, 2.45) is 5.92 Å². The molecule has 0 bridgehead atoms. The van der Waals surface area contributed by atoms with E-state index in [0.717, 1.165) is 5.57 Å². The van der Waals surface area contributed by atoms with E-state index in [1.54, 1.807) is 6.08 Å². The second-order valence-corrected chi connectivity index (χ2v) is 2.60. The van der Waals surface area contributed by atoms with Crippen LogP contribution in [0.1, 0.15) is 13.8 Å². The molecular formula is C8H13ClO. The van der Waals surface area contributed by atoms with E-state index in [2.05, 4.69) is 24.7 Å². The van der Waals surface area contributed by atoms with Crippen LogP contribution in [0.5, 0.6) is 0 Å². The van der Waals surface area contributed by atoms with Gasteiger partial charge in [-0.25, -0.2) is 0 Å². The van der Waals surface area contributed by atoms with Crippen molar-refractivity contribution in [1.82, 2.24) is 0 Å². The first-order valence-corrected chi connectivity index (χ1v) is 3.58. The predicted molar refractivity (Wildman–Crippen MR) is 44.9 cm³/mol. The van der Waals surface area contributed by atoms with Crippen LogP contribution in [0.2, 0.25) is 0 Å². The van der Waals surface area contributed by atoms with Gasteiger partial charge in [0.05, 0.1) is 18.5 Å². The van der Waals surface area contributed by atoms with Crippen LogP contribution in [0.4, 0.5) is 0 Å². The van der Waals surface area contributed by atoms with Gasteiger partial charge in [-0.15, -0.1) is 0 Å². The van der Waals surface area contributed by atoms with E-state index in [1.165, 1.54) is 0 Å². The summed E-state index contributed by atoms with van der Waals surface area (Å²) in [7, 11) is 0. The van der Waals surface area contributed by atoms with Crippen LogP contribution in [0.15, 0.2) is 24.3 Å². The van der Waals surface area contributed by atoms with E-state index in [4.69, 9.17) is 11.9 Å². The first-order chi connectivity index (χ1) is 4.72. The van der Waals surface area contributed by atoms with Gasteiger partial charge in [0.25, 0.3) is 0 Å². The van der Waals surface area contributed by atoms with Gasteiger partial charge < -0.3 is 0 Å². The quantitative estimate of drug-likeness (QED) is 0.575. The lowest BCUT2D eigenvalue weighted by Gasteiger charge is -2.06. The van der Waals surface area contributed by atoms with Crippen LogP contribution in [0, 0.1) is 5.92 Å². The third-order valence-corrected chi connectivity index (χ3v) is 1.40. The van der Waals surface area contributed by atoms with Gasteiger partial charge in [0.15, 0.2) is 0 Å². The maximum atomic E-state index is 5.10. The Labute approximate surface area is 67.5 Å². The molecule has 0 fully saturated rings. The lowest BCUT2D eigenvalue weighted by Crippen LogP contribution is -1.99. The maximum Gasteiger partial charge on any atom is 0.0899 e. The summed E-state index contributed by atoms with van der Waals surface area (Å²) in [4.78, 5) is 0. The third kappa shape index (κ3) is 3.70. The van der Waals surface area contributed by atoms with Crippen molar-refractivity contribution in [3.8, 4) is 0 Å². The van der Waals surface area contributed by atoms with E-state index >= 15 is 0 Å². The highest BCUT2D eigenvalue weighted by molar-refractivity contribution is 6.07. The molecule has 2 heteroatoms. The summed E-state index contributed by atoms with van der Waals surface area (Å²) in [6.07, 6.45) is 3.66. The molecule has 0 unspecified atom stereocenters. The normalized spacial score (nSPS) is 12.2. The zero-order chi connectivity index (χ0) is 7.98. The van der Waals surface area contributed by atoms with Gasteiger partial charge in [-0.3, -0.25) is 4.29 Å². The smallest absolute Gasteiger partial charge is 0.0899 e. The molecule has 0 heterocycles. The fourth-order valence-corrected chi connectivity index (χ4v) is 0.748. The van der Waals surface area contributed by atoms with Crippen LogP contribution in [0.25, 0.3) is 0 Å². The number of allylic oxidation sites excluding steroid dienone is 2. The topological polar surface area (TPSA) is 9.23 Å². The largest absolute Gasteiger partial charge is 0.275 e. The Morgan fingerprint density at radius 3 is 2.60 bits per heavy atom. The van der Waals surface area contributed by atoms with Gasteiger partial charge in [0, 0.05) is 0 Å². The molecular weight excluding hydrogens is 148 g/mol. The minimum absolute atomic E-state index is 0.469. The van der Waals surface area contributed by atoms with Gasteiger partial charge >= 0.3 is 0 Å². The molecule has 0 aliphatic heterocycles. The highest BCUT2D eigenvalue weighted by Crippen LogP contribution is 2.10. The Morgan fingerprint density at radius 1 is 1.70 bits per heavy atom. The lowest BCUT2D eigenvalue weighted by molar-refractivity contribution is 0.375. The summed E-state index contributed by atoms with van der Waals surface area (Å²) < 4.78 is 4.47. The molecule has 0 amide bonds. The molecule has 0 aromatic rings. The van der Waals surface area contributed by atoms with Crippen LogP contribution < -0.4 is 0 Å². The highest BCUT2D eigenvalue weighted by atomic mass is 35.5. The number of halogens is 1. The van der Waals surface area contributed by atoms with Crippen LogP contribution in [-0.4, -0.2) is 6.61 Å². The summed E-state index contributed by atoms with van der Waals surface area (Å²) in [5.74, 6) is 0.469. The average molecular weight is 161 g/mol. The lowest BCUT2D eigenvalue weighted by atomic mass is 10.0. The average Bonchev–Trinajstić information content (AvgIpc) is 1.87. The van der Waals surface area contributed by atoms with E-state index in [1.807, 2.05) is 6.08 Å². The van der Waals surface area contributed by atoms with Gasteiger partial charge in [0.1, 0.15) is 0 Å². The fraction of sp³-hybridized carbons (Fsp3) is 0.500. The van der Waals surface area contributed by atoms with Crippen molar-refractivity contribution in [2.45, 2.75) is 13.8 Å². The highest BCUT2D eigenvalue weighted by Gasteiger charge is 2.00. The molecule has 0 saturated heterocycles. The molecule has 58 valence electrons. The SMILES string of the molecule is C=C/C=C(/COCl)C(C)C. The van der Waals surface area contributed by atoms with E-state index in [0.29, 0.717) is 12.5 Å². The summed E-state index contributed by atoms with van der Waals surface area (Å²) in [6, 6.07) is 0. The van der Waals surface area contributed by atoms with Crippen LogP contribution in [-0.2, 0) is 4.29 Å². The molecule has 0 aliphatic rings. The molecule has 0 aromatic heterocycles. The fourth-order valence-electron chi connectivity index (χ4n) is 0.622. The van der Waals surface area contributed by atoms with E-state index < -0.39 is 0 Å². The summed E-state index contributed by atoms with van der Waals surface area (Å²) in [5, 5.41) is 0. The molecule has 0 N–H and O–H groups in total. The molecule has 0 rings (SSSR count). The van der Waals surface area contributed by atoms with Crippen LogP contribution in [0.3, 0.4) is 0 Å². The van der Waals surface area contributed by atoms with Crippen molar-refractivity contribution in [3.63, 3.8) is 0 Å². The van der Waals surface area contributed by atoms with Crippen molar-refractivity contribution in [1.29, 1.82) is 0 Å². The Hall–Kier alpha value is -0.270. The van der Waals surface area contributed by atoms with Crippen molar-refractivity contribution >= 4 is 11.9 Å². The summed E-state index contributed by atoms with van der Waals surface area (Å²) in [5.41, 5.74) is 1.16. The Balaban J connectivity index is 3.97. The molecule has 0 radical (unpaired) electrons. The first-order valence-electron chi connectivity index (χ1n) is 3.27. The molecule has 0 aliphatic carbocycles. The summed E-state index contributed by atoms with van der Waals surface area (Å²) in [6.45, 7) is 8.24. The molecule has 0 atom stereocenters. The molecule has 0 saturated carbocycles. The number of rotatable bonds is 4. The van der Waals surface area contributed by atoms with Crippen molar-refractivity contribution < 1.29 is 4.29 Å². The van der Waals surface area contributed by atoms with Gasteiger partial charge in [0.2, 0.25) is 0 Å². The Morgan fingerprint density at radius 2 is 2.30 bits per heavy atom. The predicted octanol–water partition coefficient (Wildman–Crippen LogP) is 2.93. The second kappa shape index (κ2) is 5.51. The van der Waals surface area contributed by atoms with Crippen molar-refractivity contribution in [2.75, 3.05) is 6.61 Å². The molecule has 10 heavy (non-hydrogen) atoms. The number of hydrogen-bond donors (Lipinski definition) is 0. The molecule has 0 aromatic carbocycles.